The average Bonchev–Trinajstić information content (AvgIpc) is 3.09. The van der Waals surface area contributed by atoms with Gasteiger partial charge in [-0.25, -0.2) is 9.37 Å². The summed E-state index contributed by atoms with van der Waals surface area (Å²) in [4.78, 5) is 21.7. The van der Waals surface area contributed by atoms with Gasteiger partial charge < -0.3 is 14.6 Å². The number of halogens is 1. The van der Waals surface area contributed by atoms with Gasteiger partial charge in [-0.15, -0.1) is 0 Å². The summed E-state index contributed by atoms with van der Waals surface area (Å²) in [7, 11) is 1.59. The fraction of sp³-hybridized carbons (Fsp3) is 0.467. The highest BCUT2D eigenvalue weighted by Crippen LogP contribution is 2.31. The van der Waals surface area contributed by atoms with Crippen LogP contribution in [0.4, 0.5) is 4.39 Å². The average molecular weight is 291 g/mol. The molecule has 5 nitrogen and oxygen atoms in total. The summed E-state index contributed by atoms with van der Waals surface area (Å²) in [5.41, 5.74) is 1.39. The SMILES string of the molecule is COCCC(=O)N1CCC[C@@H]1c1nc2ccc(F)cc2[nH]1. The van der Waals surface area contributed by atoms with Crippen molar-refractivity contribution in [1.29, 1.82) is 0 Å². The van der Waals surface area contributed by atoms with Crippen molar-refractivity contribution in [2.45, 2.75) is 25.3 Å². The van der Waals surface area contributed by atoms with E-state index >= 15 is 0 Å². The normalized spacial score (nSPS) is 18.6. The Bertz CT molecular complexity index is 655. The second kappa shape index (κ2) is 5.81. The number of rotatable bonds is 4. The number of nitrogens with one attached hydrogen (secondary N) is 1. The predicted octanol–water partition coefficient (Wildman–Crippen LogP) is 2.40. The van der Waals surface area contributed by atoms with Crippen LogP contribution in [-0.4, -0.2) is 41.0 Å². The fourth-order valence-electron chi connectivity index (χ4n) is 2.84. The maximum absolute atomic E-state index is 13.2. The number of ether oxygens (including phenoxy) is 1. The zero-order valence-electron chi connectivity index (χ0n) is 11.9. The Labute approximate surface area is 122 Å². The fourth-order valence-corrected chi connectivity index (χ4v) is 2.84. The molecule has 1 fully saturated rings. The molecule has 1 aromatic carbocycles. The molecule has 1 saturated heterocycles. The van der Waals surface area contributed by atoms with Gasteiger partial charge in [-0.3, -0.25) is 4.79 Å². The van der Waals surface area contributed by atoms with E-state index < -0.39 is 0 Å². The van der Waals surface area contributed by atoms with Crippen LogP contribution in [0.15, 0.2) is 18.2 Å². The van der Waals surface area contributed by atoms with Gasteiger partial charge in [-0.05, 0) is 31.0 Å². The molecule has 2 heterocycles. The van der Waals surface area contributed by atoms with Gasteiger partial charge in [0.25, 0.3) is 0 Å². The molecule has 0 radical (unpaired) electrons. The minimum atomic E-state index is -0.294. The van der Waals surface area contributed by atoms with Crippen LogP contribution in [0.1, 0.15) is 31.1 Å². The van der Waals surface area contributed by atoms with E-state index in [-0.39, 0.29) is 17.8 Å². The van der Waals surface area contributed by atoms with Crippen molar-refractivity contribution < 1.29 is 13.9 Å². The lowest BCUT2D eigenvalue weighted by atomic mass is 10.2. The van der Waals surface area contributed by atoms with Gasteiger partial charge in [-0.2, -0.15) is 0 Å². The molecular weight excluding hydrogens is 273 g/mol. The number of methoxy groups -OCH3 is 1. The second-order valence-corrected chi connectivity index (χ2v) is 5.27. The van der Waals surface area contributed by atoms with E-state index in [4.69, 9.17) is 4.74 Å². The third-order valence-corrected chi connectivity index (χ3v) is 3.87. The van der Waals surface area contributed by atoms with Gasteiger partial charge in [0.2, 0.25) is 5.91 Å². The topological polar surface area (TPSA) is 58.2 Å². The summed E-state index contributed by atoms with van der Waals surface area (Å²) in [6.07, 6.45) is 2.21. The van der Waals surface area contributed by atoms with E-state index in [2.05, 4.69) is 9.97 Å². The molecule has 1 N–H and O–H groups in total. The van der Waals surface area contributed by atoms with Crippen LogP contribution in [-0.2, 0) is 9.53 Å². The minimum absolute atomic E-state index is 0.0511. The molecule has 0 spiro atoms. The zero-order valence-corrected chi connectivity index (χ0v) is 11.9. The van der Waals surface area contributed by atoms with Crippen molar-refractivity contribution in [2.75, 3.05) is 20.3 Å². The molecule has 2 aromatic rings. The Morgan fingerprint density at radius 1 is 1.57 bits per heavy atom. The predicted molar refractivity (Wildman–Crippen MR) is 76.2 cm³/mol. The number of aromatic nitrogens is 2. The van der Waals surface area contributed by atoms with Crippen LogP contribution in [0.25, 0.3) is 11.0 Å². The quantitative estimate of drug-likeness (QED) is 0.941. The van der Waals surface area contributed by atoms with Gasteiger partial charge in [0.1, 0.15) is 11.6 Å². The largest absolute Gasteiger partial charge is 0.384 e. The molecule has 1 aromatic heterocycles. The van der Waals surface area contributed by atoms with E-state index in [0.29, 0.717) is 18.5 Å². The molecule has 6 heteroatoms. The number of hydrogen-bond acceptors (Lipinski definition) is 3. The first-order valence-corrected chi connectivity index (χ1v) is 7.12. The lowest BCUT2D eigenvalue weighted by Gasteiger charge is -2.23. The summed E-state index contributed by atoms with van der Waals surface area (Å²) in [6.45, 7) is 1.16. The van der Waals surface area contributed by atoms with Crippen LogP contribution in [0, 0.1) is 5.82 Å². The van der Waals surface area contributed by atoms with Crippen LogP contribution in [0.5, 0.6) is 0 Å². The molecular formula is C15H18FN3O2. The zero-order chi connectivity index (χ0) is 14.8. The number of hydrogen-bond donors (Lipinski definition) is 1. The molecule has 1 aliphatic heterocycles. The minimum Gasteiger partial charge on any atom is -0.384 e. The molecule has 1 atom stereocenters. The number of benzene rings is 1. The van der Waals surface area contributed by atoms with Gasteiger partial charge in [0.05, 0.1) is 30.1 Å². The maximum atomic E-state index is 13.2. The summed E-state index contributed by atoms with van der Waals surface area (Å²) < 4.78 is 18.2. The van der Waals surface area contributed by atoms with Gasteiger partial charge in [-0.1, -0.05) is 0 Å². The van der Waals surface area contributed by atoms with Crippen molar-refractivity contribution in [3.63, 3.8) is 0 Å². The van der Waals surface area contributed by atoms with E-state index in [1.165, 1.54) is 12.1 Å². The molecule has 0 bridgehead atoms. The number of imidazole rings is 1. The number of nitrogens with zero attached hydrogens (tertiary/aromatic N) is 2. The smallest absolute Gasteiger partial charge is 0.225 e. The third kappa shape index (κ3) is 2.76. The molecule has 112 valence electrons. The lowest BCUT2D eigenvalue weighted by Crippen LogP contribution is -2.31. The summed E-state index contributed by atoms with van der Waals surface area (Å²) in [5.74, 6) is 0.516. The Kier molecular flexibility index (Phi) is 3.88. The molecule has 1 amide bonds. The van der Waals surface area contributed by atoms with Crippen molar-refractivity contribution in [1.82, 2.24) is 14.9 Å². The highest BCUT2D eigenvalue weighted by Gasteiger charge is 2.31. The van der Waals surface area contributed by atoms with Gasteiger partial charge >= 0.3 is 0 Å². The first-order chi connectivity index (χ1) is 10.2. The molecule has 0 saturated carbocycles. The van der Waals surface area contributed by atoms with Crippen molar-refractivity contribution in [3.05, 3.63) is 29.8 Å². The molecule has 21 heavy (non-hydrogen) atoms. The Morgan fingerprint density at radius 2 is 2.43 bits per heavy atom. The standard InChI is InChI=1S/C15H18FN3O2/c1-21-8-6-14(20)19-7-2-3-13(19)15-17-11-5-4-10(16)9-12(11)18-15/h4-5,9,13H,2-3,6-8H2,1H3,(H,17,18)/t13-/m1/s1. The maximum Gasteiger partial charge on any atom is 0.225 e. The summed E-state index contributed by atoms with van der Waals surface area (Å²) in [6, 6.07) is 4.42. The highest BCUT2D eigenvalue weighted by atomic mass is 19.1. The number of carbonyl (C=O) groups excluding carboxylic acids is 1. The third-order valence-electron chi connectivity index (χ3n) is 3.87. The summed E-state index contributed by atoms with van der Waals surface area (Å²) in [5, 5.41) is 0. The van der Waals surface area contributed by atoms with Crippen LogP contribution in [0.3, 0.4) is 0 Å². The lowest BCUT2D eigenvalue weighted by molar-refractivity contribution is -0.133. The van der Waals surface area contributed by atoms with Crippen LogP contribution >= 0.6 is 0 Å². The Hall–Kier alpha value is -1.95. The molecule has 0 aliphatic carbocycles. The van der Waals surface area contributed by atoms with E-state index in [1.807, 2.05) is 4.90 Å². The van der Waals surface area contributed by atoms with Gasteiger partial charge in [0, 0.05) is 13.7 Å². The van der Waals surface area contributed by atoms with Crippen molar-refractivity contribution in [3.8, 4) is 0 Å². The number of fused-ring (bicyclic) bond motifs is 1. The van der Waals surface area contributed by atoms with Gasteiger partial charge in [0.15, 0.2) is 0 Å². The first-order valence-electron chi connectivity index (χ1n) is 7.12. The Morgan fingerprint density at radius 3 is 3.24 bits per heavy atom. The first kappa shape index (κ1) is 14.0. The number of amides is 1. The molecule has 0 unspecified atom stereocenters. The number of H-pyrrole nitrogens is 1. The number of carbonyl (C=O) groups is 1. The van der Waals surface area contributed by atoms with Crippen molar-refractivity contribution >= 4 is 16.9 Å². The number of likely N-dealkylation sites (tertiary alicyclic amines) is 1. The monoisotopic (exact) mass is 291 g/mol. The van der Waals surface area contributed by atoms with E-state index in [9.17, 15) is 9.18 Å². The van der Waals surface area contributed by atoms with E-state index in [0.717, 1.165) is 30.7 Å². The van der Waals surface area contributed by atoms with Crippen LogP contribution < -0.4 is 0 Å². The van der Waals surface area contributed by atoms with Crippen molar-refractivity contribution in [2.24, 2.45) is 0 Å². The summed E-state index contributed by atoms with van der Waals surface area (Å²) >= 11 is 0. The molecule has 3 rings (SSSR count). The Balaban J connectivity index is 1.84. The molecule has 1 aliphatic rings. The van der Waals surface area contributed by atoms with E-state index in [1.54, 1.807) is 13.2 Å². The van der Waals surface area contributed by atoms with Crippen LogP contribution in [0.2, 0.25) is 0 Å². The highest BCUT2D eigenvalue weighted by molar-refractivity contribution is 5.78. The second-order valence-electron chi connectivity index (χ2n) is 5.27. The number of aromatic amines is 1.